The zero-order chi connectivity index (χ0) is 34.1. The largest absolute Gasteiger partial charge is 0 e. The maximum atomic E-state index is 7.60. The molecule has 0 bridgehead atoms. The van der Waals surface area contributed by atoms with Gasteiger partial charge in [-0.05, 0) is 30.1 Å². The summed E-state index contributed by atoms with van der Waals surface area (Å²) in [5.74, 6) is 7.54. The van der Waals surface area contributed by atoms with E-state index >= 15 is 0 Å². The molecule has 5 heteroatoms. The number of fused-ring (bicyclic) bond motifs is 3. The summed E-state index contributed by atoms with van der Waals surface area (Å²) in [6.45, 7) is 2.20. The maximum Gasteiger partial charge on any atom is 0 e. The second-order valence-corrected chi connectivity index (χ2v) is 23.2. The predicted molar refractivity (Wildman–Crippen MR) is 192 cm³/mol. The van der Waals surface area contributed by atoms with Crippen LogP contribution in [0.2, 0.25) is 17.3 Å². The van der Waals surface area contributed by atoms with Crippen molar-refractivity contribution in [2.45, 2.75) is 43.9 Å². The van der Waals surface area contributed by atoms with Crippen LogP contribution < -0.4 is 4.40 Å². The molecule has 1 radical (unpaired) electrons. The third-order valence-corrected chi connectivity index (χ3v) is 12.2. The van der Waals surface area contributed by atoms with Crippen LogP contribution in [-0.2, 0) is 20.1 Å². The van der Waals surface area contributed by atoms with Gasteiger partial charge in [0.05, 0.1) is 5.58 Å². The Hall–Kier alpha value is -3.83. The Balaban J connectivity index is 0.000000233. The van der Waals surface area contributed by atoms with Crippen LogP contribution in [0.1, 0.15) is 35.0 Å². The first-order valence-electron chi connectivity index (χ1n) is 16.8. The van der Waals surface area contributed by atoms with E-state index in [0.717, 1.165) is 55.6 Å². The van der Waals surface area contributed by atoms with Crippen molar-refractivity contribution in [2.24, 2.45) is 0 Å². The van der Waals surface area contributed by atoms with Gasteiger partial charge in [-0.3, -0.25) is 0 Å². The second kappa shape index (κ2) is 14.3. The summed E-state index contributed by atoms with van der Waals surface area (Å²) in [5.41, 5.74) is 8.64. The van der Waals surface area contributed by atoms with Crippen LogP contribution in [0.15, 0.2) is 120 Å². The van der Waals surface area contributed by atoms with Gasteiger partial charge in [0, 0.05) is 41.4 Å². The molecule has 46 heavy (non-hydrogen) atoms. The van der Waals surface area contributed by atoms with E-state index in [1.54, 1.807) is 12.1 Å². The summed E-state index contributed by atoms with van der Waals surface area (Å²) in [7, 11) is 0. The van der Waals surface area contributed by atoms with Crippen molar-refractivity contribution in [1.82, 2.24) is 9.97 Å². The van der Waals surface area contributed by atoms with E-state index < -0.39 is 20.1 Å². The fraction of sp³-hybridized carbons (Fsp3) is 0.171. The summed E-state index contributed by atoms with van der Waals surface area (Å²) < 4.78 is 30.7. The molecular formula is C41H38GeIrN2O-2. The number of para-hydroxylation sites is 1. The fourth-order valence-corrected chi connectivity index (χ4v) is 7.49. The summed E-state index contributed by atoms with van der Waals surface area (Å²) in [4.78, 5) is 9.11. The molecular weight excluding hydrogens is 801 g/mol. The number of furan rings is 1. The van der Waals surface area contributed by atoms with E-state index in [0.29, 0.717) is 11.5 Å². The van der Waals surface area contributed by atoms with E-state index in [4.69, 9.17) is 8.53 Å². The van der Waals surface area contributed by atoms with Crippen molar-refractivity contribution in [3.05, 3.63) is 139 Å². The topological polar surface area (TPSA) is 38.9 Å². The molecule has 7 rings (SSSR count). The minimum atomic E-state index is -2.12. The Morgan fingerprint density at radius 2 is 1.57 bits per heavy atom. The number of aromatic nitrogens is 2. The zero-order valence-electron chi connectivity index (χ0n) is 29.7. The Morgan fingerprint density at radius 3 is 2.24 bits per heavy atom. The molecule has 0 aliphatic rings. The number of rotatable bonds is 5. The van der Waals surface area contributed by atoms with Gasteiger partial charge < -0.3 is 9.40 Å². The third kappa shape index (κ3) is 7.26. The van der Waals surface area contributed by atoms with Crippen molar-refractivity contribution < 1.29 is 28.6 Å². The van der Waals surface area contributed by atoms with Crippen LogP contribution in [0.4, 0.5) is 0 Å². The molecule has 0 saturated carbocycles. The van der Waals surface area contributed by atoms with Crippen molar-refractivity contribution in [1.29, 1.82) is 0 Å². The van der Waals surface area contributed by atoms with Gasteiger partial charge in [-0.25, -0.2) is 0 Å². The molecule has 0 unspecified atom stereocenters. The van der Waals surface area contributed by atoms with Crippen LogP contribution in [0.5, 0.6) is 0 Å². The SMILES string of the molecule is [2H]C([2H])([2H])c1ccc(-c2cccc3c2oc2c(-c4cc(C(C)C)ccn4)[c-]ccc23)cc1.[CH3][Ge]([CH3])([CH3])[c]1ccc(-c2[c-]cccc2)nc1.[Ir]. The maximum absolute atomic E-state index is 7.60. The van der Waals surface area contributed by atoms with Gasteiger partial charge in [-0.2, -0.15) is 0 Å². The Kier molecular flexibility index (Phi) is 9.19. The summed E-state index contributed by atoms with van der Waals surface area (Å²) in [6.07, 6.45) is 3.87. The number of benzene rings is 4. The van der Waals surface area contributed by atoms with Gasteiger partial charge in [-0.15, -0.1) is 18.2 Å². The number of nitrogens with zero attached hydrogens (tertiary/aromatic N) is 2. The van der Waals surface area contributed by atoms with Gasteiger partial charge >= 0.3 is 99.8 Å². The molecule has 4 aromatic carbocycles. The minimum Gasteiger partial charge on any atom is 0 e. The summed E-state index contributed by atoms with van der Waals surface area (Å²) in [5, 5.41) is 2.01. The molecule has 7 aromatic rings. The average molecular weight is 843 g/mol. The van der Waals surface area contributed by atoms with Gasteiger partial charge in [0.15, 0.2) is 0 Å². The zero-order valence-corrected chi connectivity index (χ0v) is 31.2. The summed E-state index contributed by atoms with van der Waals surface area (Å²) in [6, 6.07) is 39.9. The normalized spacial score (nSPS) is 12.5. The third-order valence-electron chi connectivity index (χ3n) is 7.98. The molecule has 0 atom stereocenters. The number of pyridine rings is 2. The minimum absolute atomic E-state index is 0. The average Bonchev–Trinajstić information content (AvgIpc) is 3.48. The molecule has 3 nitrogen and oxygen atoms in total. The number of hydrogen-bond donors (Lipinski definition) is 0. The van der Waals surface area contributed by atoms with Gasteiger partial charge in [-0.1, -0.05) is 84.5 Å². The van der Waals surface area contributed by atoms with E-state index in [1.807, 2.05) is 85.2 Å². The first-order chi connectivity index (χ1) is 22.9. The van der Waals surface area contributed by atoms with Gasteiger partial charge in [0.1, 0.15) is 5.58 Å². The van der Waals surface area contributed by atoms with Crippen LogP contribution in [0.25, 0.3) is 55.6 Å². The molecule has 0 spiro atoms. The molecule has 0 amide bonds. The quantitative estimate of drug-likeness (QED) is 0.128. The molecule has 3 aromatic heterocycles. The first kappa shape index (κ1) is 29.6. The Labute approximate surface area is 293 Å². The molecule has 3 heterocycles. The van der Waals surface area contributed by atoms with Crippen molar-refractivity contribution >= 4 is 39.6 Å². The fourth-order valence-electron chi connectivity index (χ4n) is 5.32. The summed E-state index contributed by atoms with van der Waals surface area (Å²) >= 11 is -1.72. The molecule has 0 aliphatic heterocycles. The van der Waals surface area contributed by atoms with E-state index in [9.17, 15) is 0 Å². The first-order valence-corrected chi connectivity index (χ1v) is 22.6. The monoisotopic (exact) mass is 844 g/mol. The standard InChI is InChI=1S/C27H22NO.C14H16GeN.Ir/c1-17(2)20-14-15-28-25(16-20)24-9-5-8-23-22-7-4-6-21(26(22)29-27(23)24)19-12-10-18(3)11-13-19;1-15(2,3)13-9-10-14(16-11-13)12-7-5-4-6-8-12;/h4-8,10-17H,1-3H3;4-7,9-11H,1-3H3;/q2*-1;/i3D3;;. The van der Waals surface area contributed by atoms with E-state index in [1.165, 1.54) is 9.96 Å². The predicted octanol–water partition coefficient (Wildman–Crippen LogP) is 10.6. The second-order valence-electron chi connectivity index (χ2n) is 12.5. The van der Waals surface area contributed by atoms with Crippen molar-refractivity contribution in [3.63, 3.8) is 0 Å². The van der Waals surface area contributed by atoms with E-state index in [2.05, 4.69) is 71.4 Å². The molecule has 0 aliphatic carbocycles. The molecule has 0 saturated heterocycles. The Bertz CT molecular complexity index is 2170. The molecule has 0 fully saturated rings. The van der Waals surface area contributed by atoms with Crippen LogP contribution in [0.3, 0.4) is 0 Å². The van der Waals surface area contributed by atoms with E-state index in [-0.39, 0.29) is 20.1 Å². The Morgan fingerprint density at radius 1 is 0.761 bits per heavy atom. The number of hydrogen-bond acceptors (Lipinski definition) is 3. The number of aryl methyl sites for hydroxylation is 1. The van der Waals surface area contributed by atoms with Crippen LogP contribution >= 0.6 is 0 Å². The smallest absolute Gasteiger partial charge is 0 e. The van der Waals surface area contributed by atoms with Crippen molar-refractivity contribution in [3.8, 4) is 33.6 Å². The van der Waals surface area contributed by atoms with Crippen molar-refractivity contribution in [2.75, 3.05) is 0 Å². The molecule has 0 N–H and O–H groups in total. The van der Waals surface area contributed by atoms with Gasteiger partial charge in [0.2, 0.25) is 0 Å². The van der Waals surface area contributed by atoms with Crippen LogP contribution in [-0.4, -0.2) is 23.2 Å². The molecule has 233 valence electrons. The van der Waals surface area contributed by atoms with Gasteiger partial charge in [0.25, 0.3) is 0 Å². The van der Waals surface area contributed by atoms with Crippen LogP contribution in [0, 0.1) is 19.0 Å².